The SMILES string of the molecule is CCO[C@H](C)n1cc([C@@H]2[C@H](C#N)[C@H](N)O[C@H]3CC(C)(C)CC(=O)[C@@H]23)cn1. The third-order valence-electron chi connectivity index (χ3n) is 5.57. The molecule has 1 aliphatic heterocycles. The zero-order chi connectivity index (χ0) is 19.1. The van der Waals surface area contributed by atoms with Crippen molar-refractivity contribution in [1.82, 2.24) is 9.78 Å². The van der Waals surface area contributed by atoms with E-state index in [0.29, 0.717) is 13.0 Å². The number of hydrogen-bond acceptors (Lipinski definition) is 6. The van der Waals surface area contributed by atoms with Crippen LogP contribution in [0.25, 0.3) is 0 Å². The first-order valence-corrected chi connectivity index (χ1v) is 9.26. The summed E-state index contributed by atoms with van der Waals surface area (Å²) in [6, 6.07) is 2.27. The fraction of sp³-hybridized carbons (Fsp3) is 0.737. The van der Waals surface area contributed by atoms with Crippen LogP contribution in [-0.4, -0.2) is 34.5 Å². The highest BCUT2D eigenvalue weighted by Crippen LogP contribution is 2.49. The normalized spacial score (nSPS) is 34.8. The van der Waals surface area contributed by atoms with E-state index in [1.54, 1.807) is 10.9 Å². The Kier molecular flexibility index (Phi) is 5.20. The minimum atomic E-state index is -0.708. The standard InChI is InChI=1S/C19H28N4O3/c1-5-25-11(2)23-10-12(9-22-23)16-13(8-20)18(21)26-15-7-19(3,4)6-14(24)17(15)16/h9-11,13,15-18H,5-7,21H2,1-4H3/t11-,13+,15+,16-,17-,18-/m1/s1. The minimum absolute atomic E-state index is 0.115. The van der Waals surface area contributed by atoms with Crippen molar-refractivity contribution in [3.8, 4) is 6.07 Å². The second-order valence-electron chi connectivity index (χ2n) is 8.17. The molecule has 1 saturated carbocycles. The maximum absolute atomic E-state index is 13.0. The van der Waals surface area contributed by atoms with E-state index in [4.69, 9.17) is 15.2 Å². The largest absolute Gasteiger partial charge is 0.358 e. The predicted octanol–water partition coefficient (Wildman–Crippen LogP) is 2.35. The van der Waals surface area contributed by atoms with Gasteiger partial charge in [0, 0.05) is 25.1 Å². The lowest BCUT2D eigenvalue weighted by atomic mass is 9.62. The van der Waals surface area contributed by atoms with Crippen molar-refractivity contribution < 1.29 is 14.3 Å². The number of hydrogen-bond donors (Lipinski definition) is 1. The van der Waals surface area contributed by atoms with Crippen molar-refractivity contribution in [3.63, 3.8) is 0 Å². The van der Waals surface area contributed by atoms with Crippen LogP contribution in [0, 0.1) is 28.6 Å². The van der Waals surface area contributed by atoms with E-state index >= 15 is 0 Å². The Morgan fingerprint density at radius 3 is 2.92 bits per heavy atom. The number of Topliss-reactive ketones (excluding diaryl/α,β-unsaturated/α-hetero) is 1. The summed E-state index contributed by atoms with van der Waals surface area (Å²) >= 11 is 0. The van der Waals surface area contributed by atoms with Crippen LogP contribution in [0.15, 0.2) is 12.4 Å². The molecule has 0 bridgehead atoms. The fourth-order valence-corrected chi connectivity index (χ4v) is 4.43. The number of ketones is 1. The minimum Gasteiger partial charge on any atom is -0.358 e. The maximum Gasteiger partial charge on any atom is 0.147 e. The summed E-state index contributed by atoms with van der Waals surface area (Å²) in [6.07, 6.45) is 3.67. The van der Waals surface area contributed by atoms with Gasteiger partial charge in [-0.05, 0) is 31.2 Å². The van der Waals surface area contributed by atoms with Crippen molar-refractivity contribution in [2.75, 3.05) is 6.61 Å². The van der Waals surface area contributed by atoms with Crippen LogP contribution in [0.2, 0.25) is 0 Å². The van der Waals surface area contributed by atoms with Crippen LogP contribution in [0.5, 0.6) is 0 Å². The molecular formula is C19H28N4O3. The summed E-state index contributed by atoms with van der Waals surface area (Å²) in [4.78, 5) is 13.0. The number of ether oxygens (including phenoxy) is 2. The fourth-order valence-electron chi connectivity index (χ4n) is 4.43. The molecule has 2 aliphatic rings. The van der Waals surface area contributed by atoms with E-state index in [2.05, 4.69) is 25.0 Å². The molecule has 0 unspecified atom stereocenters. The van der Waals surface area contributed by atoms with Crippen LogP contribution < -0.4 is 5.73 Å². The number of carbonyl (C=O) groups excluding carboxylic acids is 1. The molecule has 2 fully saturated rings. The number of carbonyl (C=O) groups is 1. The second-order valence-corrected chi connectivity index (χ2v) is 8.17. The van der Waals surface area contributed by atoms with Gasteiger partial charge in [0.2, 0.25) is 0 Å². The average Bonchev–Trinajstić information content (AvgIpc) is 3.02. The van der Waals surface area contributed by atoms with Crippen LogP contribution in [0.4, 0.5) is 0 Å². The molecule has 7 nitrogen and oxygen atoms in total. The molecule has 1 aliphatic carbocycles. The number of nitriles is 1. The molecule has 0 spiro atoms. The molecule has 6 atom stereocenters. The zero-order valence-corrected chi connectivity index (χ0v) is 15.9. The van der Waals surface area contributed by atoms with E-state index in [9.17, 15) is 10.1 Å². The first-order chi connectivity index (χ1) is 12.3. The molecule has 2 N–H and O–H groups in total. The summed E-state index contributed by atoms with van der Waals surface area (Å²) < 4.78 is 13.2. The van der Waals surface area contributed by atoms with Crippen molar-refractivity contribution in [2.45, 2.75) is 65.0 Å². The van der Waals surface area contributed by atoms with E-state index in [1.807, 2.05) is 20.0 Å². The molecule has 142 valence electrons. The predicted molar refractivity (Wildman–Crippen MR) is 94.8 cm³/mol. The highest BCUT2D eigenvalue weighted by molar-refractivity contribution is 5.84. The Hall–Kier alpha value is -1.75. The zero-order valence-electron chi connectivity index (χ0n) is 15.9. The lowest BCUT2D eigenvalue weighted by Crippen LogP contribution is -2.56. The topological polar surface area (TPSA) is 103 Å². The molecule has 7 heteroatoms. The summed E-state index contributed by atoms with van der Waals surface area (Å²) in [5.41, 5.74) is 6.90. The smallest absolute Gasteiger partial charge is 0.147 e. The lowest BCUT2D eigenvalue weighted by molar-refractivity contribution is -0.163. The molecule has 1 aromatic heterocycles. The number of fused-ring (bicyclic) bond motifs is 1. The van der Waals surface area contributed by atoms with Gasteiger partial charge in [-0.2, -0.15) is 10.4 Å². The van der Waals surface area contributed by atoms with Gasteiger partial charge < -0.3 is 15.2 Å². The Morgan fingerprint density at radius 1 is 1.54 bits per heavy atom. The van der Waals surface area contributed by atoms with Crippen LogP contribution in [0.1, 0.15) is 58.2 Å². The van der Waals surface area contributed by atoms with Gasteiger partial charge >= 0.3 is 0 Å². The number of nitrogens with two attached hydrogens (primary N) is 1. The summed E-state index contributed by atoms with van der Waals surface area (Å²) in [7, 11) is 0. The van der Waals surface area contributed by atoms with Gasteiger partial charge in [-0.1, -0.05) is 13.8 Å². The Morgan fingerprint density at radius 2 is 2.27 bits per heavy atom. The van der Waals surface area contributed by atoms with E-state index < -0.39 is 12.1 Å². The first-order valence-electron chi connectivity index (χ1n) is 9.26. The van der Waals surface area contributed by atoms with E-state index in [0.717, 1.165) is 12.0 Å². The molecular weight excluding hydrogens is 332 g/mol. The van der Waals surface area contributed by atoms with Gasteiger partial charge in [-0.25, -0.2) is 4.68 Å². The van der Waals surface area contributed by atoms with E-state index in [1.165, 1.54) is 0 Å². The van der Waals surface area contributed by atoms with Gasteiger partial charge in [-0.15, -0.1) is 0 Å². The quantitative estimate of drug-likeness (QED) is 0.884. The van der Waals surface area contributed by atoms with Gasteiger partial charge in [-0.3, -0.25) is 4.79 Å². The summed E-state index contributed by atoms with van der Waals surface area (Å²) in [5, 5.41) is 14.1. The highest BCUT2D eigenvalue weighted by Gasteiger charge is 2.53. The molecule has 3 rings (SSSR count). The highest BCUT2D eigenvalue weighted by atomic mass is 16.5. The first kappa shape index (κ1) is 19.0. The van der Waals surface area contributed by atoms with Crippen molar-refractivity contribution in [3.05, 3.63) is 18.0 Å². The molecule has 1 saturated heterocycles. The molecule has 26 heavy (non-hydrogen) atoms. The molecule has 0 amide bonds. The van der Waals surface area contributed by atoms with Gasteiger partial charge in [0.25, 0.3) is 0 Å². The Bertz CT molecular complexity index is 708. The number of nitrogens with zero attached hydrogens (tertiary/aromatic N) is 3. The van der Waals surface area contributed by atoms with Gasteiger partial charge in [0.05, 0.1) is 30.2 Å². The van der Waals surface area contributed by atoms with Crippen LogP contribution in [-0.2, 0) is 14.3 Å². The average molecular weight is 360 g/mol. The molecule has 0 aromatic carbocycles. The lowest BCUT2D eigenvalue weighted by Gasteiger charge is -2.48. The molecule has 0 radical (unpaired) electrons. The van der Waals surface area contributed by atoms with Gasteiger partial charge in [0.1, 0.15) is 18.2 Å². The number of aromatic nitrogens is 2. The second kappa shape index (κ2) is 7.10. The third-order valence-corrected chi connectivity index (χ3v) is 5.57. The third kappa shape index (κ3) is 3.41. The van der Waals surface area contributed by atoms with Crippen LogP contribution in [0.3, 0.4) is 0 Å². The van der Waals surface area contributed by atoms with Crippen molar-refractivity contribution in [2.24, 2.45) is 23.0 Å². The number of rotatable bonds is 4. The molecule has 2 heterocycles. The van der Waals surface area contributed by atoms with Crippen molar-refractivity contribution in [1.29, 1.82) is 5.26 Å². The summed E-state index contributed by atoms with van der Waals surface area (Å²) in [6.45, 7) is 8.57. The van der Waals surface area contributed by atoms with Crippen molar-refractivity contribution >= 4 is 5.78 Å². The van der Waals surface area contributed by atoms with Gasteiger partial charge in [0.15, 0.2) is 0 Å². The monoisotopic (exact) mass is 360 g/mol. The summed E-state index contributed by atoms with van der Waals surface area (Å²) in [5.74, 6) is -1.09. The maximum atomic E-state index is 13.0. The van der Waals surface area contributed by atoms with E-state index in [-0.39, 0.29) is 35.4 Å². The molecule has 1 aromatic rings. The Labute approximate surface area is 154 Å². The van der Waals surface area contributed by atoms with Crippen LogP contribution >= 0.6 is 0 Å². The Balaban J connectivity index is 1.96.